The Kier molecular flexibility index (Phi) is 5.65. The van der Waals surface area contributed by atoms with E-state index in [0.717, 1.165) is 5.56 Å². The summed E-state index contributed by atoms with van der Waals surface area (Å²) < 4.78 is 39.7. The van der Waals surface area contributed by atoms with Gasteiger partial charge in [-0.3, -0.25) is 0 Å². The molecule has 0 fully saturated rings. The molecule has 0 saturated heterocycles. The smallest absolute Gasteiger partial charge is 0.246 e. The molecule has 0 radical (unpaired) electrons. The van der Waals surface area contributed by atoms with Gasteiger partial charge in [-0.05, 0) is 24.7 Å². The summed E-state index contributed by atoms with van der Waals surface area (Å²) in [4.78, 5) is -0.288. The summed E-state index contributed by atoms with van der Waals surface area (Å²) in [5.74, 6) is -0.734. The molecule has 0 spiro atoms. The first-order valence-electron chi connectivity index (χ1n) is 6.01. The molecule has 1 rings (SSSR count). The van der Waals surface area contributed by atoms with E-state index >= 15 is 0 Å². The second-order valence-electron chi connectivity index (χ2n) is 4.04. The summed E-state index contributed by atoms with van der Waals surface area (Å²) in [6.45, 7) is 6.13. The highest BCUT2D eigenvalue weighted by atomic mass is 32.2. The number of hydrogen-bond donors (Lipinski definition) is 1. The fraction of sp³-hybridized carbons (Fsp3) is 0.385. The summed E-state index contributed by atoms with van der Waals surface area (Å²) >= 11 is 0. The molecule has 0 aliphatic carbocycles. The topological polar surface area (TPSA) is 49.4 Å². The molecule has 0 heterocycles. The summed E-state index contributed by atoms with van der Waals surface area (Å²) in [5, 5.41) is 2.90. The second kappa shape index (κ2) is 6.79. The van der Waals surface area contributed by atoms with Crippen molar-refractivity contribution in [2.45, 2.75) is 18.4 Å². The largest absolute Gasteiger partial charge is 0.316 e. The fourth-order valence-corrected chi connectivity index (χ4v) is 3.27. The molecule has 0 atom stereocenters. The fourth-order valence-electron chi connectivity index (χ4n) is 1.74. The minimum atomic E-state index is -3.83. The molecule has 0 aliphatic rings. The van der Waals surface area contributed by atoms with Crippen LogP contribution >= 0.6 is 0 Å². The van der Waals surface area contributed by atoms with Crippen LogP contribution in [0.4, 0.5) is 4.39 Å². The number of halogens is 1. The molecule has 0 unspecified atom stereocenters. The lowest BCUT2D eigenvalue weighted by Gasteiger charge is -2.19. The SMILES string of the molecule is C=CCN(CC)S(=O)(=O)c1cc(CNC)ccc1F. The summed E-state index contributed by atoms with van der Waals surface area (Å²) in [6, 6.07) is 4.11. The number of sulfonamides is 1. The highest BCUT2D eigenvalue weighted by molar-refractivity contribution is 7.89. The van der Waals surface area contributed by atoms with E-state index < -0.39 is 15.8 Å². The highest BCUT2D eigenvalue weighted by Crippen LogP contribution is 2.20. The van der Waals surface area contributed by atoms with Gasteiger partial charge in [0.05, 0.1) is 0 Å². The van der Waals surface area contributed by atoms with Crippen molar-refractivity contribution < 1.29 is 12.8 Å². The molecule has 1 N–H and O–H groups in total. The Morgan fingerprint density at radius 1 is 1.47 bits per heavy atom. The van der Waals surface area contributed by atoms with Gasteiger partial charge in [0, 0.05) is 19.6 Å². The van der Waals surface area contributed by atoms with Gasteiger partial charge in [-0.15, -0.1) is 6.58 Å². The normalized spacial score (nSPS) is 11.8. The minimum Gasteiger partial charge on any atom is -0.316 e. The van der Waals surface area contributed by atoms with E-state index in [0.29, 0.717) is 6.54 Å². The van der Waals surface area contributed by atoms with Crippen molar-refractivity contribution in [3.8, 4) is 0 Å². The summed E-state index contributed by atoms with van der Waals surface area (Å²) in [6.07, 6.45) is 1.48. The third-order valence-electron chi connectivity index (χ3n) is 2.68. The average Bonchev–Trinajstić information content (AvgIpc) is 2.38. The number of rotatable bonds is 7. The predicted octanol–water partition coefficient (Wildman–Crippen LogP) is 1.74. The van der Waals surface area contributed by atoms with E-state index in [1.807, 2.05) is 0 Å². The Balaban J connectivity index is 3.26. The minimum absolute atomic E-state index is 0.161. The molecule has 106 valence electrons. The molecule has 6 heteroatoms. The zero-order valence-electron chi connectivity index (χ0n) is 11.2. The van der Waals surface area contributed by atoms with Gasteiger partial charge in [-0.25, -0.2) is 12.8 Å². The van der Waals surface area contributed by atoms with Crippen LogP contribution in [0, 0.1) is 5.82 Å². The van der Waals surface area contributed by atoms with Gasteiger partial charge in [0.25, 0.3) is 0 Å². The van der Waals surface area contributed by atoms with Gasteiger partial charge in [-0.2, -0.15) is 4.31 Å². The predicted molar refractivity (Wildman–Crippen MR) is 73.8 cm³/mol. The molecule has 0 amide bonds. The van der Waals surface area contributed by atoms with E-state index in [9.17, 15) is 12.8 Å². The molecule has 4 nitrogen and oxygen atoms in total. The lowest BCUT2D eigenvalue weighted by Crippen LogP contribution is -2.31. The van der Waals surface area contributed by atoms with E-state index in [1.165, 1.54) is 22.5 Å². The van der Waals surface area contributed by atoms with Crippen molar-refractivity contribution in [3.63, 3.8) is 0 Å². The maximum Gasteiger partial charge on any atom is 0.246 e. The summed E-state index contributed by atoms with van der Waals surface area (Å²) in [7, 11) is -2.08. The molecule has 0 aromatic heterocycles. The monoisotopic (exact) mass is 286 g/mol. The van der Waals surface area contributed by atoms with Crippen LogP contribution in [-0.2, 0) is 16.6 Å². The van der Waals surface area contributed by atoms with Crippen LogP contribution in [-0.4, -0.2) is 32.9 Å². The lowest BCUT2D eigenvalue weighted by atomic mass is 10.2. The van der Waals surface area contributed by atoms with Crippen LogP contribution in [0.1, 0.15) is 12.5 Å². The molecular weight excluding hydrogens is 267 g/mol. The zero-order chi connectivity index (χ0) is 14.5. The van der Waals surface area contributed by atoms with Gasteiger partial charge >= 0.3 is 0 Å². The van der Waals surface area contributed by atoms with Crippen molar-refractivity contribution in [2.24, 2.45) is 0 Å². The Hall–Kier alpha value is -1.24. The quantitative estimate of drug-likeness (QED) is 0.777. The van der Waals surface area contributed by atoms with E-state index in [4.69, 9.17) is 0 Å². The van der Waals surface area contributed by atoms with Crippen LogP contribution in [0.25, 0.3) is 0 Å². The number of benzene rings is 1. The zero-order valence-corrected chi connectivity index (χ0v) is 12.0. The van der Waals surface area contributed by atoms with E-state index in [2.05, 4.69) is 11.9 Å². The van der Waals surface area contributed by atoms with Gasteiger partial charge in [0.15, 0.2) is 0 Å². The van der Waals surface area contributed by atoms with E-state index in [-0.39, 0.29) is 18.0 Å². The number of nitrogens with zero attached hydrogens (tertiary/aromatic N) is 1. The first-order chi connectivity index (χ1) is 8.97. The Labute approximate surface area is 114 Å². The van der Waals surface area contributed by atoms with Crippen molar-refractivity contribution in [3.05, 3.63) is 42.2 Å². The average molecular weight is 286 g/mol. The van der Waals surface area contributed by atoms with Crippen molar-refractivity contribution in [2.75, 3.05) is 20.1 Å². The van der Waals surface area contributed by atoms with Crippen molar-refractivity contribution in [1.82, 2.24) is 9.62 Å². The van der Waals surface area contributed by atoms with Crippen LogP contribution in [0.3, 0.4) is 0 Å². The van der Waals surface area contributed by atoms with Crippen molar-refractivity contribution in [1.29, 1.82) is 0 Å². The Morgan fingerprint density at radius 3 is 2.68 bits per heavy atom. The third kappa shape index (κ3) is 3.62. The van der Waals surface area contributed by atoms with Crippen molar-refractivity contribution >= 4 is 10.0 Å². The Morgan fingerprint density at radius 2 is 2.16 bits per heavy atom. The van der Waals surface area contributed by atoms with Gasteiger partial charge in [-0.1, -0.05) is 19.1 Å². The van der Waals surface area contributed by atoms with Gasteiger partial charge in [0.2, 0.25) is 10.0 Å². The molecule has 19 heavy (non-hydrogen) atoms. The molecule has 0 bridgehead atoms. The van der Waals surface area contributed by atoms with Crippen LogP contribution < -0.4 is 5.32 Å². The van der Waals surface area contributed by atoms with Gasteiger partial charge < -0.3 is 5.32 Å². The maximum atomic E-state index is 13.8. The van der Waals surface area contributed by atoms with Crippen LogP contribution in [0.2, 0.25) is 0 Å². The molecular formula is C13H19FN2O2S. The first kappa shape index (κ1) is 15.8. The number of likely N-dealkylation sites (N-methyl/N-ethyl adjacent to an activating group) is 1. The highest BCUT2D eigenvalue weighted by Gasteiger charge is 2.25. The van der Waals surface area contributed by atoms with Gasteiger partial charge in [0.1, 0.15) is 10.7 Å². The molecule has 1 aromatic rings. The molecule has 0 saturated carbocycles. The maximum absolute atomic E-state index is 13.8. The first-order valence-corrected chi connectivity index (χ1v) is 7.45. The standard InChI is InChI=1S/C13H19FN2O2S/c1-4-8-16(5-2)19(17,18)13-9-11(10-15-3)6-7-12(13)14/h4,6-7,9,15H,1,5,8,10H2,2-3H3. The third-order valence-corrected chi connectivity index (χ3v) is 4.64. The molecule has 0 aliphatic heterocycles. The molecule has 1 aromatic carbocycles. The second-order valence-corrected chi connectivity index (χ2v) is 5.95. The number of nitrogens with one attached hydrogen (secondary N) is 1. The van der Waals surface area contributed by atoms with Crippen LogP contribution in [0.15, 0.2) is 35.7 Å². The van der Waals surface area contributed by atoms with Crippen LogP contribution in [0.5, 0.6) is 0 Å². The number of hydrogen-bond acceptors (Lipinski definition) is 3. The lowest BCUT2D eigenvalue weighted by molar-refractivity contribution is 0.453. The summed E-state index contributed by atoms with van der Waals surface area (Å²) in [5.41, 5.74) is 0.720. The Bertz CT molecular complexity index is 544. The van der Waals surface area contributed by atoms with E-state index in [1.54, 1.807) is 20.0 Å².